The lowest BCUT2D eigenvalue weighted by atomic mass is 9.36. The van der Waals surface area contributed by atoms with Crippen LogP contribution in [0.15, 0.2) is 188 Å². The van der Waals surface area contributed by atoms with Crippen LogP contribution in [-0.2, 0) is 21.7 Å². The largest absolute Gasteiger partial charge is 0.311 e. The summed E-state index contributed by atoms with van der Waals surface area (Å²) in [6.45, 7) is 27.8. The van der Waals surface area contributed by atoms with Crippen molar-refractivity contribution in [3.8, 4) is 22.3 Å². The molecule has 0 atom stereocenters. The molecule has 374 valence electrons. The van der Waals surface area contributed by atoms with E-state index >= 15 is 0 Å². The first kappa shape index (κ1) is 48.3. The maximum Gasteiger partial charge on any atom is 0.264 e. The number of hydrogen-bond donors (Lipinski definition) is 0. The summed E-state index contributed by atoms with van der Waals surface area (Å²) in [5.74, 6) is 0. The van der Waals surface area contributed by atoms with E-state index in [1.165, 1.54) is 137 Å². The molecule has 13 rings (SSSR count). The summed E-state index contributed by atoms with van der Waals surface area (Å²) in [5, 5.41) is 9.02. The van der Waals surface area contributed by atoms with Crippen molar-refractivity contribution in [2.24, 2.45) is 0 Å². The van der Waals surface area contributed by atoms with Gasteiger partial charge in [0.15, 0.2) is 0 Å². The molecule has 3 heterocycles. The van der Waals surface area contributed by atoms with Crippen LogP contribution >= 0.6 is 11.3 Å². The maximum atomic E-state index is 2.62. The number of rotatable bonds is 4. The molecule has 0 bridgehead atoms. The maximum absolute atomic E-state index is 2.62. The fraction of sp³-hybridized carbons (Fsp3) is 0.222. The summed E-state index contributed by atoms with van der Waals surface area (Å²) in [5.41, 5.74) is 20.2. The second kappa shape index (κ2) is 17.1. The van der Waals surface area contributed by atoms with E-state index in [2.05, 4.69) is 281 Å². The van der Waals surface area contributed by atoms with Crippen LogP contribution in [0.1, 0.15) is 105 Å². The van der Waals surface area contributed by atoms with Gasteiger partial charge in [-0.25, -0.2) is 0 Å². The molecule has 0 amide bonds. The van der Waals surface area contributed by atoms with Gasteiger partial charge in [0, 0.05) is 43.2 Å². The van der Waals surface area contributed by atoms with Crippen LogP contribution in [0, 0.1) is 0 Å². The van der Waals surface area contributed by atoms with Crippen LogP contribution in [0.2, 0.25) is 0 Å². The van der Waals surface area contributed by atoms with Crippen molar-refractivity contribution in [2.45, 2.75) is 105 Å². The smallest absolute Gasteiger partial charge is 0.264 e. The number of benzene rings is 10. The third-order valence-electron chi connectivity index (χ3n) is 16.7. The number of nitrogens with zero attached hydrogens (tertiary/aromatic N) is 2. The van der Waals surface area contributed by atoms with Gasteiger partial charge in [0.1, 0.15) is 0 Å². The van der Waals surface area contributed by atoms with Crippen LogP contribution in [-0.4, -0.2) is 6.71 Å². The summed E-state index contributed by atoms with van der Waals surface area (Å²) in [6, 6.07) is 72.9. The Kier molecular flexibility index (Phi) is 10.8. The predicted octanol–water partition coefficient (Wildman–Crippen LogP) is 19.0. The molecule has 0 fully saturated rings. The summed E-state index contributed by atoms with van der Waals surface area (Å²) in [7, 11) is 0. The Bertz CT molecular complexity index is 4110. The first-order chi connectivity index (χ1) is 36.2. The van der Waals surface area contributed by atoms with Crippen molar-refractivity contribution < 1.29 is 0 Å². The molecular weight excluding hydrogens is 936 g/mol. The van der Waals surface area contributed by atoms with Gasteiger partial charge >= 0.3 is 0 Å². The second-order valence-corrected chi connectivity index (χ2v) is 26.9. The Morgan fingerprint density at radius 2 is 0.829 bits per heavy atom. The molecule has 76 heavy (non-hydrogen) atoms. The molecule has 2 aliphatic heterocycles. The SMILES string of the molecule is CC(C)(C)c1ccc(-c2ccc3c(c2)B2c4sc5ccc(C(C)(C)C)cc5c4N(c4ccc(C(C)(C)C)cc4)c4cccc(c42)N3c2ccc(C(C)(C)C)cc2-c2ccc3c4ccccc4c4ccccc4c3c2)cc1. The number of thiophene rings is 1. The standard InChI is InChI=1S/C72H67BN2S/c1-69(2,3)47-28-24-44(25-29-47)45-27-37-62-60(41-45)73-66-63(74(51-34-30-48(31-35-51)70(4,5)6)67-59-43-50(72(10,11)12)33-39-65(59)76-68(67)73)22-17-23-64(66)75(62)61-38-32-49(71(7,8)9)42-57(61)46-26-36-56-54-20-14-13-18-52(54)53-19-15-16-21-55(53)58(56)40-46/h13-43H,1-12H3. The first-order valence-corrected chi connectivity index (χ1v) is 28.2. The highest BCUT2D eigenvalue weighted by Crippen LogP contribution is 2.51. The lowest BCUT2D eigenvalue weighted by Crippen LogP contribution is -2.60. The van der Waals surface area contributed by atoms with Crippen molar-refractivity contribution in [3.63, 3.8) is 0 Å². The normalized spacial score (nSPS) is 13.7. The summed E-state index contributed by atoms with van der Waals surface area (Å²) in [4.78, 5) is 5.24. The van der Waals surface area contributed by atoms with E-state index in [1.807, 2.05) is 11.3 Å². The van der Waals surface area contributed by atoms with Gasteiger partial charge in [-0.05, 0) is 165 Å². The van der Waals surface area contributed by atoms with E-state index in [0.29, 0.717) is 0 Å². The van der Waals surface area contributed by atoms with Crippen LogP contribution in [0.3, 0.4) is 0 Å². The van der Waals surface area contributed by atoms with Crippen molar-refractivity contribution >= 4 is 110 Å². The van der Waals surface area contributed by atoms with Crippen molar-refractivity contribution in [2.75, 3.05) is 9.80 Å². The molecule has 10 aromatic carbocycles. The Balaban J connectivity index is 1.11. The van der Waals surface area contributed by atoms with Gasteiger partial charge in [0.05, 0.1) is 11.4 Å². The van der Waals surface area contributed by atoms with E-state index in [0.717, 1.165) is 0 Å². The minimum absolute atomic E-state index is 0.0104. The molecule has 0 radical (unpaired) electrons. The van der Waals surface area contributed by atoms with Crippen molar-refractivity contribution in [1.82, 2.24) is 0 Å². The molecular formula is C72H67BN2S. The highest BCUT2D eigenvalue weighted by atomic mass is 32.1. The van der Waals surface area contributed by atoms with Crippen molar-refractivity contribution in [3.05, 3.63) is 210 Å². The van der Waals surface area contributed by atoms with Crippen LogP contribution in [0.4, 0.5) is 34.1 Å². The average molecular weight is 1000 g/mol. The minimum Gasteiger partial charge on any atom is -0.311 e. The van der Waals surface area contributed by atoms with Gasteiger partial charge in [-0.2, -0.15) is 0 Å². The molecule has 2 nitrogen and oxygen atoms in total. The highest BCUT2D eigenvalue weighted by Gasteiger charge is 2.46. The quantitative estimate of drug-likeness (QED) is 0.128. The molecule has 1 aromatic heterocycles. The molecule has 11 aromatic rings. The minimum atomic E-state index is -0.0747. The van der Waals surface area contributed by atoms with E-state index in [9.17, 15) is 0 Å². The molecule has 0 saturated carbocycles. The lowest BCUT2D eigenvalue weighted by Gasteiger charge is -2.43. The number of hydrogen-bond acceptors (Lipinski definition) is 3. The molecule has 4 heteroatoms. The van der Waals surface area contributed by atoms with E-state index < -0.39 is 0 Å². The third kappa shape index (κ3) is 7.73. The van der Waals surface area contributed by atoms with Gasteiger partial charge in [0.2, 0.25) is 0 Å². The van der Waals surface area contributed by atoms with Gasteiger partial charge in [-0.1, -0.05) is 210 Å². The Morgan fingerprint density at radius 1 is 0.342 bits per heavy atom. The molecule has 0 N–H and O–H groups in total. The van der Waals surface area contributed by atoms with Crippen LogP contribution in [0.5, 0.6) is 0 Å². The van der Waals surface area contributed by atoms with Gasteiger partial charge < -0.3 is 9.80 Å². The zero-order chi connectivity index (χ0) is 52.8. The highest BCUT2D eigenvalue weighted by molar-refractivity contribution is 7.33. The van der Waals surface area contributed by atoms with Gasteiger partial charge in [-0.15, -0.1) is 11.3 Å². The molecule has 0 unspecified atom stereocenters. The zero-order valence-corrected chi connectivity index (χ0v) is 47.1. The van der Waals surface area contributed by atoms with E-state index in [4.69, 9.17) is 0 Å². The Hall–Kier alpha value is -7.40. The molecule has 2 aliphatic rings. The summed E-state index contributed by atoms with van der Waals surface area (Å²) >= 11 is 1.98. The van der Waals surface area contributed by atoms with Crippen LogP contribution in [0.25, 0.3) is 64.7 Å². The molecule has 0 saturated heterocycles. The number of anilines is 6. The zero-order valence-electron chi connectivity index (χ0n) is 46.3. The lowest BCUT2D eigenvalue weighted by molar-refractivity contribution is 0.590. The van der Waals surface area contributed by atoms with Gasteiger partial charge in [-0.3, -0.25) is 0 Å². The summed E-state index contributed by atoms with van der Waals surface area (Å²) < 4.78 is 2.71. The van der Waals surface area contributed by atoms with E-state index in [1.54, 1.807) is 0 Å². The fourth-order valence-corrected chi connectivity index (χ4v) is 13.7. The van der Waals surface area contributed by atoms with Crippen molar-refractivity contribution in [1.29, 1.82) is 0 Å². The second-order valence-electron chi connectivity index (χ2n) is 25.8. The number of fused-ring (bicyclic) bond motifs is 12. The van der Waals surface area contributed by atoms with Gasteiger partial charge in [0.25, 0.3) is 6.71 Å². The third-order valence-corrected chi connectivity index (χ3v) is 17.9. The summed E-state index contributed by atoms with van der Waals surface area (Å²) in [6.07, 6.45) is 0. The molecule has 0 aliphatic carbocycles. The van der Waals surface area contributed by atoms with E-state index in [-0.39, 0.29) is 28.4 Å². The molecule has 0 spiro atoms. The monoisotopic (exact) mass is 1000 g/mol. The predicted molar refractivity (Wildman–Crippen MR) is 334 cm³/mol. The first-order valence-electron chi connectivity index (χ1n) is 27.4. The average Bonchev–Trinajstić information content (AvgIpc) is 3.81. The Morgan fingerprint density at radius 3 is 1.43 bits per heavy atom. The fourth-order valence-electron chi connectivity index (χ4n) is 12.4. The Labute approximate surface area is 454 Å². The van der Waals surface area contributed by atoms with Crippen LogP contribution < -0.4 is 25.5 Å². The topological polar surface area (TPSA) is 6.48 Å².